The Morgan fingerprint density at radius 3 is 3.00 bits per heavy atom. The van der Waals surface area contributed by atoms with E-state index in [9.17, 15) is 4.79 Å². The number of hydrogen-bond donors (Lipinski definition) is 0. The van der Waals surface area contributed by atoms with Gasteiger partial charge in [0.15, 0.2) is 6.29 Å². The maximum Gasteiger partial charge on any atom is 0.150 e. The van der Waals surface area contributed by atoms with E-state index in [1.54, 1.807) is 18.3 Å². The van der Waals surface area contributed by atoms with Gasteiger partial charge >= 0.3 is 0 Å². The molecule has 0 aliphatic rings. The lowest BCUT2D eigenvalue weighted by Gasteiger charge is -2.02. The van der Waals surface area contributed by atoms with Crippen LogP contribution in [0.15, 0.2) is 30.6 Å². The van der Waals surface area contributed by atoms with Gasteiger partial charge in [0, 0.05) is 28.9 Å². The Balaban J connectivity index is 2.41. The summed E-state index contributed by atoms with van der Waals surface area (Å²) in [5, 5.41) is 4.81. The minimum absolute atomic E-state index is 0.566. The molecule has 0 aliphatic carbocycles. The molecule has 0 spiro atoms. The van der Waals surface area contributed by atoms with E-state index >= 15 is 0 Å². The van der Waals surface area contributed by atoms with Crippen molar-refractivity contribution in [1.29, 1.82) is 0 Å². The molecule has 2 rings (SSSR count). The number of carbonyl (C=O) groups excluding carboxylic acids is 1. The minimum atomic E-state index is 0.566. The topological polar surface area (TPSA) is 34.9 Å². The second-order valence-electron chi connectivity index (χ2n) is 3.84. The summed E-state index contributed by atoms with van der Waals surface area (Å²) in [5.41, 5.74) is 2.40. The van der Waals surface area contributed by atoms with Crippen molar-refractivity contribution in [2.75, 3.05) is 0 Å². The summed E-state index contributed by atoms with van der Waals surface area (Å²) in [4.78, 5) is 11.0. The van der Waals surface area contributed by atoms with Crippen LogP contribution in [0, 0.1) is 0 Å². The lowest BCUT2D eigenvalue weighted by molar-refractivity contribution is 0.112. The van der Waals surface area contributed by atoms with Crippen molar-refractivity contribution in [2.45, 2.75) is 19.9 Å². The zero-order valence-corrected chi connectivity index (χ0v) is 10.3. The van der Waals surface area contributed by atoms with Gasteiger partial charge < -0.3 is 0 Å². The molecule has 0 fully saturated rings. The Morgan fingerprint density at radius 1 is 1.47 bits per heavy atom. The molecule has 1 aromatic heterocycles. The number of aldehydes is 1. The third kappa shape index (κ3) is 2.56. The van der Waals surface area contributed by atoms with Crippen molar-refractivity contribution in [2.24, 2.45) is 0 Å². The molecule has 0 radical (unpaired) electrons. The molecule has 0 N–H and O–H groups in total. The van der Waals surface area contributed by atoms with Gasteiger partial charge in [-0.2, -0.15) is 5.10 Å². The summed E-state index contributed by atoms with van der Waals surface area (Å²) in [7, 11) is 0. The molecule has 3 nitrogen and oxygen atoms in total. The first-order valence-corrected chi connectivity index (χ1v) is 5.90. The van der Waals surface area contributed by atoms with Crippen LogP contribution >= 0.6 is 11.6 Å². The van der Waals surface area contributed by atoms with Gasteiger partial charge in [-0.3, -0.25) is 9.48 Å². The summed E-state index contributed by atoms with van der Waals surface area (Å²) in [6.07, 6.45) is 5.56. The lowest BCUT2D eigenvalue weighted by atomic mass is 10.0. The Kier molecular flexibility index (Phi) is 3.59. The summed E-state index contributed by atoms with van der Waals surface area (Å²) < 4.78 is 1.87. The minimum Gasteiger partial charge on any atom is -0.298 e. The third-order valence-corrected chi connectivity index (χ3v) is 2.77. The van der Waals surface area contributed by atoms with E-state index in [1.807, 2.05) is 16.9 Å². The molecule has 0 saturated heterocycles. The Morgan fingerprint density at radius 2 is 2.29 bits per heavy atom. The van der Waals surface area contributed by atoms with Crippen LogP contribution in [-0.2, 0) is 6.54 Å². The van der Waals surface area contributed by atoms with Crippen molar-refractivity contribution in [3.63, 3.8) is 0 Å². The third-order valence-electron chi connectivity index (χ3n) is 2.54. The zero-order chi connectivity index (χ0) is 12.3. The first-order chi connectivity index (χ1) is 8.24. The van der Waals surface area contributed by atoms with Gasteiger partial charge in [0.1, 0.15) is 0 Å². The molecule has 0 amide bonds. The van der Waals surface area contributed by atoms with Crippen LogP contribution < -0.4 is 0 Å². The molecule has 4 heteroatoms. The molecule has 88 valence electrons. The summed E-state index contributed by atoms with van der Waals surface area (Å²) in [5.74, 6) is 0. The number of rotatable bonds is 4. The van der Waals surface area contributed by atoms with E-state index in [4.69, 9.17) is 11.6 Å². The molecular formula is C13H13ClN2O. The Labute approximate surface area is 105 Å². The average Bonchev–Trinajstić information content (AvgIpc) is 2.78. The van der Waals surface area contributed by atoms with Crippen LogP contribution in [0.1, 0.15) is 23.7 Å². The molecule has 17 heavy (non-hydrogen) atoms. The van der Waals surface area contributed by atoms with Crippen molar-refractivity contribution < 1.29 is 4.79 Å². The second-order valence-corrected chi connectivity index (χ2v) is 4.28. The molecule has 0 bridgehead atoms. The zero-order valence-electron chi connectivity index (χ0n) is 9.56. The fourth-order valence-corrected chi connectivity index (χ4v) is 1.93. The number of aromatic nitrogens is 2. The van der Waals surface area contributed by atoms with Crippen molar-refractivity contribution in [3.8, 4) is 11.1 Å². The molecule has 2 aromatic rings. The molecule has 1 aromatic carbocycles. The van der Waals surface area contributed by atoms with Crippen molar-refractivity contribution in [1.82, 2.24) is 9.78 Å². The molecule has 0 aliphatic heterocycles. The smallest absolute Gasteiger partial charge is 0.150 e. The average molecular weight is 249 g/mol. The summed E-state index contributed by atoms with van der Waals surface area (Å²) in [6.45, 7) is 2.98. The summed E-state index contributed by atoms with van der Waals surface area (Å²) >= 11 is 5.86. The van der Waals surface area contributed by atoms with Gasteiger partial charge in [-0.15, -0.1) is 0 Å². The highest BCUT2D eigenvalue weighted by Crippen LogP contribution is 2.25. The Bertz CT molecular complexity index is 534. The van der Waals surface area contributed by atoms with E-state index in [0.29, 0.717) is 10.6 Å². The predicted octanol–water partition coefficient (Wildman–Crippen LogP) is 3.43. The number of aryl methyl sites for hydroxylation is 1. The molecule has 0 unspecified atom stereocenters. The number of carbonyl (C=O) groups is 1. The van der Waals surface area contributed by atoms with Crippen LogP contribution in [0.2, 0.25) is 5.02 Å². The van der Waals surface area contributed by atoms with Crippen LogP contribution in [0.25, 0.3) is 11.1 Å². The van der Waals surface area contributed by atoms with Gasteiger partial charge in [0.2, 0.25) is 0 Å². The SMILES string of the molecule is CCCn1cc(-c2ccc(Cl)cc2C=O)cn1. The fourth-order valence-electron chi connectivity index (χ4n) is 1.75. The number of nitrogens with zero attached hydrogens (tertiary/aromatic N) is 2. The van der Waals surface area contributed by atoms with E-state index < -0.39 is 0 Å². The fraction of sp³-hybridized carbons (Fsp3) is 0.231. The van der Waals surface area contributed by atoms with Crippen molar-refractivity contribution >= 4 is 17.9 Å². The number of hydrogen-bond acceptors (Lipinski definition) is 2. The highest BCUT2D eigenvalue weighted by molar-refractivity contribution is 6.31. The van der Waals surface area contributed by atoms with Crippen LogP contribution in [-0.4, -0.2) is 16.1 Å². The number of benzene rings is 1. The van der Waals surface area contributed by atoms with Gasteiger partial charge in [0.05, 0.1) is 6.20 Å². The van der Waals surface area contributed by atoms with Gasteiger partial charge in [-0.05, 0) is 24.1 Å². The quantitative estimate of drug-likeness (QED) is 0.777. The van der Waals surface area contributed by atoms with E-state index in [2.05, 4.69) is 12.0 Å². The largest absolute Gasteiger partial charge is 0.298 e. The van der Waals surface area contributed by atoms with Gasteiger partial charge in [-0.25, -0.2) is 0 Å². The second kappa shape index (κ2) is 5.15. The van der Waals surface area contributed by atoms with Crippen molar-refractivity contribution in [3.05, 3.63) is 41.2 Å². The maximum absolute atomic E-state index is 11.0. The molecule has 0 saturated carbocycles. The summed E-state index contributed by atoms with van der Waals surface area (Å²) in [6, 6.07) is 5.29. The highest BCUT2D eigenvalue weighted by atomic mass is 35.5. The highest BCUT2D eigenvalue weighted by Gasteiger charge is 2.07. The monoisotopic (exact) mass is 248 g/mol. The molecule has 1 heterocycles. The van der Waals surface area contributed by atoms with E-state index in [0.717, 1.165) is 30.4 Å². The first kappa shape index (κ1) is 11.9. The Hall–Kier alpha value is -1.61. The van der Waals surface area contributed by atoms with E-state index in [-0.39, 0.29) is 0 Å². The first-order valence-electron chi connectivity index (χ1n) is 5.52. The number of halogens is 1. The molecular weight excluding hydrogens is 236 g/mol. The van der Waals surface area contributed by atoms with Gasteiger partial charge in [-0.1, -0.05) is 24.6 Å². The maximum atomic E-state index is 11.0. The van der Waals surface area contributed by atoms with Crippen LogP contribution in [0.4, 0.5) is 0 Å². The van der Waals surface area contributed by atoms with Crippen LogP contribution in [0.5, 0.6) is 0 Å². The standard InChI is InChI=1S/C13H13ClN2O/c1-2-5-16-8-11(7-15-16)13-4-3-12(14)6-10(13)9-17/h3-4,6-9H,2,5H2,1H3. The van der Waals surface area contributed by atoms with Gasteiger partial charge in [0.25, 0.3) is 0 Å². The predicted molar refractivity (Wildman–Crippen MR) is 68.4 cm³/mol. The van der Waals surface area contributed by atoms with Crippen LogP contribution in [0.3, 0.4) is 0 Å². The molecule has 0 atom stereocenters. The van der Waals surface area contributed by atoms with E-state index in [1.165, 1.54) is 0 Å². The lowest BCUT2D eigenvalue weighted by Crippen LogP contribution is -1.95. The normalized spacial score (nSPS) is 10.5.